The van der Waals surface area contributed by atoms with E-state index in [4.69, 9.17) is 11.6 Å². The van der Waals surface area contributed by atoms with E-state index in [1.807, 2.05) is 24.8 Å². The highest BCUT2D eigenvalue weighted by Gasteiger charge is 2.16. The van der Waals surface area contributed by atoms with Crippen LogP contribution in [-0.4, -0.2) is 16.8 Å². The van der Waals surface area contributed by atoms with E-state index in [0.29, 0.717) is 0 Å². The van der Waals surface area contributed by atoms with Crippen molar-refractivity contribution in [3.63, 3.8) is 0 Å². The molecule has 108 valence electrons. The summed E-state index contributed by atoms with van der Waals surface area (Å²) in [5.74, 6) is 0. The zero-order valence-corrected chi connectivity index (χ0v) is 13.3. The molecule has 20 heavy (non-hydrogen) atoms. The van der Waals surface area contributed by atoms with Gasteiger partial charge in [-0.15, -0.1) is 0 Å². The molecule has 0 aliphatic rings. The molecule has 2 aromatic rings. The number of likely N-dealkylation sites (N-methyl/N-ethyl adjacent to an activating group) is 1. The van der Waals surface area contributed by atoms with Crippen LogP contribution in [0.5, 0.6) is 0 Å². The fourth-order valence-electron chi connectivity index (χ4n) is 2.43. The fourth-order valence-corrected chi connectivity index (χ4v) is 2.79. The van der Waals surface area contributed by atoms with Crippen molar-refractivity contribution in [3.05, 3.63) is 51.8 Å². The second-order valence-corrected chi connectivity index (χ2v) is 5.58. The number of nitrogens with one attached hydrogen (secondary N) is 1. The van der Waals surface area contributed by atoms with Crippen molar-refractivity contribution in [2.45, 2.75) is 32.7 Å². The van der Waals surface area contributed by atoms with Crippen molar-refractivity contribution >= 4 is 11.6 Å². The van der Waals surface area contributed by atoms with E-state index >= 15 is 0 Å². The molecule has 1 atom stereocenters. The van der Waals surface area contributed by atoms with Crippen molar-refractivity contribution in [3.8, 4) is 0 Å². The molecule has 3 nitrogen and oxygen atoms in total. The number of benzene rings is 1. The summed E-state index contributed by atoms with van der Waals surface area (Å²) in [5, 5.41) is 8.68. The zero-order chi connectivity index (χ0) is 14.7. The van der Waals surface area contributed by atoms with E-state index in [1.54, 1.807) is 0 Å². The molecule has 0 amide bonds. The lowest BCUT2D eigenvalue weighted by atomic mass is 10.0. The first-order valence-electron chi connectivity index (χ1n) is 7.00. The van der Waals surface area contributed by atoms with Gasteiger partial charge in [-0.1, -0.05) is 30.7 Å². The first kappa shape index (κ1) is 15.1. The number of hydrogen-bond donors (Lipinski definition) is 1. The Kier molecular flexibility index (Phi) is 4.84. The molecule has 1 aromatic carbocycles. The molecule has 0 saturated carbocycles. The van der Waals surface area contributed by atoms with Crippen molar-refractivity contribution in [1.29, 1.82) is 0 Å². The molecule has 0 radical (unpaired) electrons. The molecule has 0 aliphatic heterocycles. The van der Waals surface area contributed by atoms with Gasteiger partial charge in [-0.05, 0) is 43.7 Å². The van der Waals surface area contributed by atoms with Crippen LogP contribution in [0.3, 0.4) is 0 Å². The summed E-state index contributed by atoms with van der Waals surface area (Å²) < 4.78 is 1.96. The average Bonchev–Trinajstić information content (AvgIpc) is 2.77. The SMILES string of the molecule is CCc1cc(CC(NC)c2ccc(C)cc2Cl)n(C)n1. The van der Waals surface area contributed by atoms with Crippen molar-refractivity contribution in [2.75, 3.05) is 7.05 Å². The van der Waals surface area contributed by atoms with Crippen LogP contribution >= 0.6 is 11.6 Å². The maximum absolute atomic E-state index is 6.38. The number of aromatic nitrogens is 2. The van der Waals surface area contributed by atoms with E-state index in [1.165, 1.54) is 11.3 Å². The predicted molar refractivity (Wildman–Crippen MR) is 84.3 cm³/mol. The van der Waals surface area contributed by atoms with Crippen molar-refractivity contribution in [1.82, 2.24) is 15.1 Å². The Balaban J connectivity index is 2.26. The highest BCUT2D eigenvalue weighted by molar-refractivity contribution is 6.31. The average molecular weight is 292 g/mol. The minimum absolute atomic E-state index is 0.197. The Morgan fingerprint density at radius 3 is 2.65 bits per heavy atom. The third kappa shape index (κ3) is 3.22. The molecular weight excluding hydrogens is 270 g/mol. The third-order valence-electron chi connectivity index (χ3n) is 3.68. The van der Waals surface area contributed by atoms with Gasteiger partial charge in [0.05, 0.1) is 5.69 Å². The first-order valence-corrected chi connectivity index (χ1v) is 7.38. The lowest BCUT2D eigenvalue weighted by Gasteiger charge is -2.18. The van der Waals surface area contributed by atoms with E-state index in [2.05, 4.69) is 42.5 Å². The van der Waals surface area contributed by atoms with Crippen molar-refractivity contribution < 1.29 is 0 Å². The van der Waals surface area contributed by atoms with Crippen LogP contribution in [0, 0.1) is 6.92 Å². The van der Waals surface area contributed by atoms with Gasteiger partial charge >= 0.3 is 0 Å². The Morgan fingerprint density at radius 2 is 2.10 bits per heavy atom. The van der Waals surface area contributed by atoms with E-state index in [9.17, 15) is 0 Å². The van der Waals surface area contributed by atoms with Crippen molar-refractivity contribution in [2.24, 2.45) is 7.05 Å². The monoisotopic (exact) mass is 291 g/mol. The van der Waals surface area contributed by atoms with Crippen LogP contribution in [0.4, 0.5) is 0 Å². The molecule has 1 heterocycles. The van der Waals surface area contributed by atoms with Gasteiger partial charge in [-0.25, -0.2) is 0 Å². The summed E-state index contributed by atoms with van der Waals surface area (Å²) in [6.07, 6.45) is 1.84. The summed E-state index contributed by atoms with van der Waals surface area (Å²) in [6, 6.07) is 8.60. The largest absolute Gasteiger partial charge is 0.313 e. The molecule has 2 rings (SSSR count). The van der Waals surface area contributed by atoms with Crippen LogP contribution in [-0.2, 0) is 19.9 Å². The smallest absolute Gasteiger partial charge is 0.0624 e. The van der Waals surface area contributed by atoms with E-state index < -0.39 is 0 Å². The zero-order valence-electron chi connectivity index (χ0n) is 12.6. The summed E-state index contributed by atoms with van der Waals surface area (Å²) in [5.41, 5.74) is 4.67. The Bertz CT molecular complexity index is 589. The molecule has 0 fully saturated rings. The van der Waals surface area contributed by atoms with Gasteiger partial charge in [0.15, 0.2) is 0 Å². The molecule has 1 aromatic heterocycles. The van der Waals surface area contributed by atoms with Gasteiger partial charge in [0.1, 0.15) is 0 Å². The molecule has 1 unspecified atom stereocenters. The molecule has 0 aliphatic carbocycles. The minimum Gasteiger partial charge on any atom is -0.313 e. The normalized spacial score (nSPS) is 12.7. The second-order valence-electron chi connectivity index (χ2n) is 5.17. The van der Waals surface area contributed by atoms with Crippen LogP contribution in [0.2, 0.25) is 5.02 Å². The number of nitrogens with zero attached hydrogens (tertiary/aromatic N) is 2. The minimum atomic E-state index is 0.197. The highest BCUT2D eigenvalue weighted by atomic mass is 35.5. The van der Waals surface area contributed by atoms with E-state index in [0.717, 1.165) is 29.1 Å². The summed E-state index contributed by atoms with van der Waals surface area (Å²) in [4.78, 5) is 0. The standard InChI is InChI=1S/C16H22ClN3/c1-5-12-9-13(20(4)19-12)10-16(18-3)14-7-6-11(2)8-15(14)17/h6-9,16,18H,5,10H2,1-4H3. The molecular formula is C16H22ClN3. The first-order chi connectivity index (χ1) is 9.55. The molecule has 1 N–H and O–H groups in total. The Labute approximate surface area is 126 Å². The summed E-state index contributed by atoms with van der Waals surface area (Å²) in [6.45, 7) is 4.18. The van der Waals surface area contributed by atoms with Gasteiger partial charge < -0.3 is 5.32 Å². The van der Waals surface area contributed by atoms with Crippen LogP contribution < -0.4 is 5.32 Å². The quantitative estimate of drug-likeness (QED) is 0.914. The maximum atomic E-state index is 6.38. The fraction of sp³-hybridized carbons (Fsp3) is 0.438. The highest BCUT2D eigenvalue weighted by Crippen LogP contribution is 2.26. The molecule has 0 saturated heterocycles. The van der Waals surface area contributed by atoms with Gasteiger partial charge in [0.25, 0.3) is 0 Å². The number of halogens is 1. The number of rotatable bonds is 5. The third-order valence-corrected chi connectivity index (χ3v) is 4.01. The van der Waals surface area contributed by atoms with E-state index in [-0.39, 0.29) is 6.04 Å². The topological polar surface area (TPSA) is 29.9 Å². The molecule has 0 spiro atoms. The second kappa shape index (κ2) is 6.42. The van der Waals surface area contributed by atoms with Crippen LogP contribution in [0.15, 0.2) is 24.3 Å². The van der Waals surface area contributed by atoms with Crippen LogP contribution in [0.1, 0.15) is 35.5 Å². The predicted octanol–water partition coefficient (Wildman–Crippen LogP) is 3.45. The number of hydrogen-bond acceptors (Lipinski definition) is 2. The molecule has 4 heteroatoms. The van der Waals surface area contributed by atoms with Gasteiger partial charge in [-0.2, -0.15) is 5.10 Å². The Morgan fingerprint density at radius 1 is 1.35 bits per heavy atom. The van der Waals surface area contributed by atoms with Crippen LogP contribution in [0.25, 0.3) is 0 Å². The maximum Gasteiger partial charge on any atom is 0.0624 e. The number of aryl methyl sites for hydroxylation is 3. The lowest BCUT2D eigenvalue weighted by Crippen LogP contribution is -2.20. The molecule has 0 bridgehead atoms. The van der Waals surface area contributed by atoms with Gasteiger partial charge in [-0.3, -0.25) is 4.68 Å². The summed E-state index contributed by atoms with van der Waals surface area (Å²) >= 11 is 6.38. The summed E-state index contributed by atoms with van der Waals surface area (Å²) in [7, 11) is 3.97. The lowest BCUT2D eigenvalue weighted by molar-refractivity contribution is 0.561. The van der Waals surface area contributed by atoms with Gasteiger partial charge in [0.2, 0.25) is 0 Å². The van der Waals surface area contributed by atoms with Gasteiger partial charge in [0, 0.05) is 30.2 Å². The Hall–Kier alpha value is -1.32.